The third-order valence-electron chi connectivity index (χ3n) is 7.17. The molecule has 216 valence electrons. The zero-order valence-corrected chi connectivity index (χ0v) is 25.4. The lowest BCUT2D eigenvalue weighted by atomic mass is 9.98. The highest BCUT2D eigenvalue weighted by Crippen LogP contribution is 2.27. The van der Waals surface area contributed by atoms with E-state index in [2.05, 4.69) is 42.7 Å². The van der Waals surface area contributed by atoms with Crippen LogP contribution in [0.4, 0.5) is 0 Å². The van der Waals surface area contributed by atoms with Crippen LogP contribution in [0.3, 0.4) is 0 Å². The first-order valence-electron chi connectivity index (χ1n) is 14.8. The summed E-state index contributed by atoms with van der Waals surface area (Å²) in [5, 5.41) is 0. The summed E-state index contributed by atoms with van der Waals surface area (Å²) in [4.78, 5) is 32.8. The Kier molecular flexibility index (Phi) is 9.64. The summed E-state index contributed by atoms with van der Waals surface area (Å²) >= 11 is 0. The van der Waals surface area contributed by atoms with Crippen molar-refractivity contribution >= 4 is 22.9 Å². The zero-order chi connectivity index (χ0) is 29.6. The normalized spacial score (nSPS) is 11.6. The van der Waals surface area contributed by atoms with E-state index in [1.165, 1.54) is 0 Å². The molecule has 0 saturated heterocycles. The number of aromatic nitrogens is 2. The number of benzene rings is 3. The molecule has 41 heavy (non-hydrogen) atoms. The topological polar surface area (TPSA) is 64.4 Å². The minimum atomic E-state index is -0.563. The van der Waals surface area contributed by atoms with Gasteiger partial charge in [0, 0.05) is 32.1 Å². The predicted molar refractivity (Wildman–Crippen MR) is 166 cm³/mol. The Balaban J connectivity index is 1.65. The number of unbranched alkanes of at least 4 members (excludes halogenated alkanes) is 2. The van der Waals surface area contributed by atoms with Crippen molar-refractivity contribution in [3.05, 3.63) is 89.2 Å². The summed E-state index contributed by atoms with van der Waals surface area (Å²) < 4.78 is 7.90. The van der Waals surface area contributed by atoms with Gasteiger partial charge in [0.2, 0.25) is 0 Å². The average molecular weight is 554 g/mol. The molecule has 0 aliphatic heterocycles. The van der Waals surface area contributed by atoms with E-state index < -0.39 is 5.60 Å². The largest absolute Gasteiger partial charge is 0.456 e. The minimum absolute atomic E-state index is 0.0382. The number of carbonyl (C=O) groups excluding carboxylic acids is 2. The van der Waals surface area contributed by atoms with Gasteiger partial charge in [-0.25, -0.2) is 9.78 Å². The van der Waals surface area contributed by atoms with Gasteiger partial charge >= 0.3 is 5.97 Å². The minimum Gasteiger partial charge on any atom is -0.456 e. The molecular formula is C35H43N3O3. The third-order valence-corrected chi connectivity index (χ3v) is 7.17. The van der Waals surface area contributed by atoms with Crippen molar-refractivity contribution in [1.82, 2.24) is 14.5 Å². The Morgan fingerprint density at radius 3 is 2.32 bits per heavy atom. The van der Waals surface area contributed by atoms with Crippen molar-refractivity contribution in [2.24, 2.45) is 0 Å². The van der Waals surface area contributed by atoms with Crippen LogP contribution in [-0.2, 0) is 17.7 Å². The van der Waals surface area contributed by atoms with Crippen LogP contribution in [-0.4, -0.2) is 45.5 Å². The van der Waals surface area contributed by atoms with Gasteiger partial charge in [0.25, 0.3) is 5.91 Å². The van der Waals surface area contributed by atoms with Gasteiger partial charge in [-0.05, 0) is 74.6 Å². The smallest absolute Gasteiger partial charge is 0.339 e. The highest BCUT2D eigenvalue weighted by atomic mass is 16.6. The Labute approximate surface area is 244 Å². The van der Waals surface area contributed by atoms with Crippen molar-refractivity contribution in [2.45, 2.75) is 78.9 Å². The Bertz CT molecular complexity index is 1500. The van der Waals surface area contributed by atoms with Crippen LogP contribution in [0.15, 0.2) is 66.7 Å². The number of rotatable bonds is 11. The molecule has 0 aliphatic rings. The third kappa shape index (κ3) is 7.43. The number of fused-ring (bicyclic) bond motifs is 1. The second-order valence-corrected chi connectivity index (χ2v) is 11.7. The average Bonchev–Trinajstić information content (AvgIpc) is 3.30. The number of carbonyl (C=O) groups is 2. The Hall–Kier alpha value is -3.93. The molecule has 3 aromatic carbocycles. The fraction of sp³-hybridized carbons (Fsp3) is 0.400. The maximum absolute atomic E-state index is 13.1. The van der Waals surface area contributed by atoms with E-state index in [4.69, 9.17) is 9.72 Å². The van der Waals surface area contributed by atoms with E-state index in [0.29, 0.717) is 17.7 Å². The maximum Gasteiger partial charge on any atom is 0.339 e. The molecule has 0 atom stereocenters. The van der Waals surface area contributed by atoms with E-state index in [0.717, 1.165) is 72.2 Å². The number of nitrogens with zero attached hydrogens (tertiary/aromatic N) is 3. The molecule has 4 aromatic rings. The molecule has 4 rings (SSSR count). The number of aryl methyl sites for hydroxylation is 1. The zero-order valence-electron chi connectivity index (χ0n) is 25.4. The summed E-state index contributed by atoms with van der Waals surface area (Å²) in [5.41, 5.74) is 5.49. The van der Waals surface area contributed by atoms with Gasteiger partial charge in [-0.15, -0.1) is 0 Å². The van der Waals surface area contributed by atoms with Crippen molar-refractivity contribution in [2.75, 3.05) is 13.6 Å². The predicted octanol–water partition coefficient (Wildman–Crippen LogP) is 7.92. The number of ether oxygens (including phenoxy) is 1. The lowest BCUT2D eigenvalue weighted by molar-refractivity contribution is 0.00703. The monoisotopic (exact) mass is 553 g/mol. The van der Waals surface area contributed by atoms with E-state index in [-0.39, 0.29) is 11.9 Å². The molecule has 0 unspecified atom stereocenters. The van der Waals surface area contributed by atoms with Gasteiger partial charge in [-0.3, -0.25) is 4.79 Å². The Morgan fingerprint density at radius 2 is 1.63 bits per heavy atom. The quantitative estimate of drug-likeness (QED) is 0.177. The molecule has 0 N–H and O–H groups in total. The highest BCUT2D eigenvalue weighted by Gasteiger charge is 2.21. The molecule has 1 aromatic heterocycles. The van der Waals surface area contributed by atoms with Crippen LogP contribution in [0.1, 0.15) is 92.4 Å². The second-order valence-electron chi connectivity index (χ2n) is 11.7. The molecule has 6 nitrogen and oxygen atoms in total. The van der Waals surface area contributed by atoms with Crippen LogP contribution in [0, 0.1) is 0 Å². The molecule has 0 bridgehead atoms. The van der Waals surface area contributed by atoms with Gasteiger partial charge in [0.15, 0.2) is 0 Å². The highest BCUT2D eigenvalue weighted by molar-refractivity contribution is 5.98. The van der Waals surface area contributed by atoms with Crippen LogP contribution in [0.2, 0.25) is 0 Å². The lowest BCUT2D eigenvalue weighted by Gasteiger charge is -2.20. The molecule has 0 saturated carbocycles. The standard InChI is InChI=1S/C35H43N3O3/c1-7-9-15-32-36-30-21-20-27(33(39)37(6)22-10-8-2)23-31(30)38(32)24-25-16-18-26(19-17-25)28-13-11-12-14-29(28)34(40)41-35(3,4)5/h11-14,16-21,23H,7-10,15,22,24H2,1-6H3. The number of hydrogen-bond acceptors (Lipinski definition) is 4. The van der Waals surface area contributed by atoms with Gasteiger partial charge < -0.3 is 14.2 Å². The molecule has 0 spiro atoms. The SMILES string of the molecule is CCCCc1nc2ccc(C(=O)N(C)CCCC)cc2n1Cc1ccc(-c2ccccc2C(=O)OC(C)(C)C)cc1. The van der Waals surface area contributed by atoms with E-state index >= 15 is 0 Å². The molecular weight excluding hydrogens is 510 g/mol. The van der Waals surface area contributed by atoms with Crippen molar-refractivity contribution < 1.29 is 14.3 Å². The first kappa shape index (κ1) is 30.0. The van der Waals surface area contributed by atoms with Gasteiger partial charge in [0.1, 0.15) is 11.4 Å². The molecule has 0 radical (unpaired) electrons. The number of hydrogen-bond donors (Lipinski definition) is 0. The van der Waals surface area contributed by atoms with Gasteiger partial charge in [-0.1, -0.05) is 69.2 Å². The van der Waals surface area contributed by atoms with E-state index in [1.54, 1.807) is 4.90 Å². The summed E-state index contributed by atoms with van der Waals surface area (Å²) in [6.45, 7) is 11.3. The van der Waals surface area contributed by atoms with Crippen molar-refractivity contribution in [3.8, 4) is 11.1 Å². The summed E-state index contributed by atoms with van der Waals surface area (Å²) in [6, 6.07) is 21.7. The van der Waals surface area contributed by atoms with Crippen molar-refractivity contribution in [1.29, 1.82) is 0 Å². The first-order chi connectivity index (χ1) is 19.6. The molecule has 1 heterocycles. The van der Waals surface area contributed by atoms with E-state index in [9.17, 15) is 9.59 Å². The summed E-state index contributed by atoms with van der Waals surface area (Å²) in [6.07, 6.45) is 5.06. The molecule has 6 heteroatoms. The summed E-state index contributed by atoms with van der Waals surface area (Å²) in [5.74, 6) is 0.745. The molecule has 0 fully saturated rings. The number of esters is 1. The first-order valence-corrected chi connectivity index (χ1v) is 14.8. The van der Waals surface area contributed by atoms with Gasteiger partial charge in [0.05, 0.1) is 16.6 Å². The van der Waals surface area contributed by atoms with Crippen LogP contribution >= 0.6 is 0 Å². The van der Waals surface area contributed by atoms with Gasteiger partial charge in [-0.2, -0.15) is 0 Å². The van der Waals surface area contributed by atoms with Crippen molar-refractivity contribution in [3.63, 3.8) is 0 Å². The fourth-order valence-electron chi connectivity index (χ4n) is 4.94. The molecule has 0 aliphatic carbocycles. The fourth-order valence-corrected chi connectivity index (χ4v) is 4.94. The summed E-state index contributed by atoms with van der Waals surface area (Å²) in [7, 11) is 1.87. The number of amides is 1. The Morgan fingerprint density at radius 1 is 0.927 bits per heavy atom. The van der Waals surface area contributed by atoms with Crippen LogP contribution < -0.4 is 0 Å². The lowest BCUT2D eigenvalue weighted by Crippen LogP contribution is -2.27. The van der Waals surface area contributed by atoms with E-state index in [1.807, 2.05) is 70.3 Å². The van der Waals surface area contributed by atoms with Crippen LogP contribution in [0.25, 0.3) is 22.2 Å². The number of imidazole rings is 1. The second kappa shape index (κ2) is 13.2. The molecule has 1 amide bonds. The maximum atomic E-state index is 13.1. The van der Waals surface area contributed by atoms with Crippen LogP contribution in [0.5, 0.6) is 0 Å².